The molecule has 1 saturated heterocycles. The highest BCUT2D eigenvalue weighted by molar-refractivity contribution is 5.67. The van der Waals surface area contributed by atoms with E-state index in [1.54, 1.807) is 0 Å². The van der Waals surface area contributed by atoms with Crippen LogP contribution in [0.2, 0.25) is 0 Å². The molecule has 2 fully saturated rings. The molecule has 2 bridgehead atoms. The third-order valence-electron chi connectivity index (χ3n) is 8.37. The van der Waals surface area contributed by atoms with Gasteiger partial charge in [-0.15, -0.1) is 0 Å². The molecule has 6 heteroatoms. The van der Waals surface area contributed by atoms with Crippen LogP contribution in [0.4, 0.5) is 4.79 Å². The van der Waals surface area contributed by atoms with Crippen molar-refractivity contribution < 1.29 is 23.7 Å². The van der Waals surface area contributed by atoms with Crippen LogP contribution in [-0.4, -0.2) is 32.1 Å². The topological polar surface area (TPSA) is 66.0 Å². The number of alkyl carbamates (subject to hydrolysis) is 1. The lowest BCUT2D eigenvalue weighted by molar-refractivity contribution is -0.165. The minimum absolute atomic E-state index is 0.0487. The number of nitrogens with one attached hydrogen (secondary N) is 1. The third kappa shape index (κ3) is 3.76. The number of benzene rings is 1. The van der Waals surface area contributed by atoms with Gasteiger partial charge in [-0.3, -0.25) is 0 Å². The van der Waals surface area contributed by atoms with Crippen molar-refractivity contribution in [1.82, 2.24) is 5.32 Å². The van der Waals surface area contributed by atoms with Gasteiger partial charge in [0.15, 0.2) is 11.5 Å². The average Bonchev–Trinajstić information content (AvgIpc) is 3.25. The van der Waals surface area contributed by atoms with Crippen LogP contribution in [0.3, 0.4) is 0 Å². The first kappa shape index (κ1) is 21.6. The Bertz CT molecular complexity index is 892. The summed E-state index contributed by atoms with van der Waals surface area (Å²) in [5, 5.41) is 3.08. The van der Waals surface area contributed by atoms with E-state index >= 15 is 0 Å². The SMILES string of the molecule is CC1=CC(C)[C@]2(COC(=O)NC3CCCCC3)COC(c3ccc4c(c3)OCO4)C1[C@@H]2C. The largest absolute Gasteiger partial charge is 0.454 e. The van der Waals surface area contributed by atoms with Gasteiger partial charge in [-0.1, -0.05) is 50.8 Å². The van der Waals surface area contributed by atoms with Gasteiger partial charge in [0, 0.05) is 17.4 Å². The quantitative estimate of drug-likeness (QED) is 0.636. The number of rotatable bonds is 4. The molecule has 2 heterocycles. The molecule has 0 radical (unpaired) electrons. The molecule has 1 amide bonds. The van der Waals surface area contributed by atoms with E-state index in [0.717, 1.165) is 29.9 Å². The van der Waals surface area contributed by atoms with Crippen molar-refractivity contribution >= 4 is 6.09 Å². The number of fused-ring (bicyclic) bond motifs is 3. The van der Waals surface area contributed by atoms with Crippen LogP contribution in [-0.2, 0) is 9.47 Å². The summed E-state index contributed by atoms with van der Waals surface area (Å²) in [6.45, 7) is 7.93. The fourth-order valence-electron chi connectivity index (χ4n) is 6.30. The molecule has 2 aliphatic carbocycles. The summed E-state index contributed by atoms with van der Waals surface area (Å²) in [5.74, 6) is 2.38. The molecular weight excluding hydrogens is 406 g/mol. The number of hydrogen-bond donors (Lipinski definition) is 1. The van der Waals surface area contributed by atoms with Gasteiger partial charge >= 0.3 is 6.09 Å². The van der Waals surface area contributed by atoms with Gasteiger partial charge in [0.05, 0.1) is 12.7 Å². The van der Waals surface area contributed by atoms with E-state index in [0.29, 0.717) is 19.1 Å². The molecule has 32 heavy (non-hydrogen) atoms. The van der Waals surface area contributed by atoms with E-state index in [1.165, 1.54) is 24.8 Å². The smallest absolute Gasteiger partial charge is 0.407 e. The van der Waals surface area contributed by atoms with Gasteiger partial charge in [0.1, 0.15) is 6.61 Å². The molecule has 0 spiro atoms. The highest BCUT2D eigenvalue weighted by Gasteiger charge is 2.54. The summed E-state index contributed by atoms with van der Waals surface area (Å²) in [5.41, 5.74) is 2.23. The predicted molar refractivity (Wildman–Crippen MR) is 121 cm³/mol. The van der Waals surface area contributed by atoms with Crippen LogP contribution in [0.5, 0.6) is 11.5 Å². The second kappa shape index (κ2) is 8.62. The summed E-state index contributed by atoms with van der Waals surface area (Å²) >= 11 is 0. The van der Waals surface area contributed by atoms with Gasteiger partial charge in [-0.2, -0.15) is 0 Å². The zero-order chi connectivity index (χ0) is 22.3. The minimum Gasteiger partial charge on any atom is -0.454 e. The minimum atomic E-state index is -0.286. The third-order valence-corrected chi connectivity index (χ3v) is 8.37. The zero-order valence-electron chi connectivity index (χ0n) is 19.4. The number of amides is 1. The van der Waals surface area contributed by atoms with Gasteiger partial charge in [-0.25, -0.2) is 4.79 Å². The first-order valence-electron chi connectivity index (χ1n) is 12.1. The second-order valence-corrected chi connectivity index (χ2v) is 10.1. The fraction of sp³-hybridized carbons (Fsp3) is 0.654. The Hall–Kier alpha value is -2.21. The lowest BCUT2D eigenvalue weighted by Crippen LogP contribution is -2.55. The van der Waals surface area contributed by atoms with Crippen LogP contribution >= 0.6 is 0 Å². The molecule has 174 valence electrons. The number of carbonyl (C=O) groups excluding carboxylic acids is 1. The number of allylic oxidation sites excluding steroid dienone is 1. The van der Waals surface area contributed by atoms with Gasteiger partial charge < -0.3 is 24.3 Å². The maximum absolute atomic E-state index is 12.6. The Labute approximate surface area is 190 Å². The van der Waals surface area contributed by atoms with Gasteiger partial charge in [-0.05, 0) is 49.3 Å². The van der Waals surface area contributed by atoms with Crippen molar-refractivity contribution in [3.63, 3.8) is 0 Å². The monoisotopic (exact) mass is 441 g/mol. The van der Waals surface area contributed by atoms with Gasteiger partial charge in [0.2, 0.25) is 6.79 Å². The first-order valence-corrected chi connectivity index (χ1v) is 12.1. The molecule has 0 aromatic heterocycles. The molecule has 6 nitrogen and oxygen atoms in total. The van der Waals surface area contributed by atoms with E-state index in [-0.39, 0.29) is 42.3 Å². The van der Waals surface area contributed by atoms with Crippen molar-refractivity contribution in [2.45, 2.75) is 65.0 Å². The predicted octanol–water partition coefficient (Wildman–Crippen LogP) is 5.38. The first-order chi connectivity index (χ1) is 15.5. The summed E-state index contributed by atoms with van der Waals surface area (Å²) in [6, 6.07) is 6.35. The van der Waals surface area contributed by atoms with Crippen molar-refractivity contribution in [2.75, 3.05) is 20.0 Å². The van der Waals surface area contributed by atoms with E-state index < -0.39 is 0 Å². The van der Waals surface area contributed by atoms with Crippen LogP contribution in [0, 0.1) is 23.2 Å². The summed E-state index contributed by atoms with van der Waals surface area (Å²) in [4.78, 5) is 12.6. The number of ether oxygens (including phenoxy) is 4. The average molecular weight is 442 g/mol. The molecule has 1 aromatic rings. The lowest BCUT2D eigenvalue weighted by atomic mass is 9.56. The maximum Gasteiger partial charge on any atom is 0.407 e. The molecule has 1 N–H and O–H groups in total. The normalized spacial score (nSPS) is 34.0. The van der Waals surface area contributed by atoms with E-state index in [4.69, 9.17) is 18.9 Å². The van der Waals surface area contributed by atoms with Crippen LogP contribution < -0.4 is 14.8 Å². The van der Waals surface area contributed by atoms with Crippen molar-refractivity contribution in [2.24, 2.45) is 23.2 Å². The summed E-state index contributed by atoms with van der Waals surface area (Å²) in [6.07, 6.45) is 7.76. The van der Waals surface area contributed by atoms with Crippen molar-refractivity contribution in [3.05, 3.63) is 35.4 Å². The molecule has 1 aromatic carbocycles. The van der Waals surface area contributed by atoms with Gasteiger partial charge in [0.25, 0.3) is 0 Å². The number of carbonyl (C=O) groups is 1. The highest BCUT2D eigenvalue weighted by Crippen LogP contribution is 2.56. The van der Waals surface area contributed by atoms with Crippen molar-refractivity contribution in [1.29, 1.82) is 0 Å². The van der Waals surface area contributed by atoms with E-state index in [2.05, 4.69) is 38.2 Å². The maximum atomic E-state index is 12.6. The van der Waals surface area contributed by atoms with Crippen LogP contribution in [0.25, 0.3) is 0 Å². The van der Waals surface area contributed by atoms with Crippen LogP contribution in [0.1, 0.15) is 64.5 Å². The molecular formula is C26H35NO5. The lowest BCUT2D eigenvalue weighted by Gasteiger charge is -2.55. The van der Waals surface area contributed by atoms with Crippen LogP contribution in [0.15, 0.2) is 29.8 Å². The van der Waals surface area contributed by atoms with Crippen molar-refractivity contribution in [3.8, 4) is 11.5 Å². The standard InChI is InChI=1S/C26H35NO5/c1-16-11-17(2)26(14-30-25(28)27-20-7-5-4-6-8-20)13-29-24(23(16)18(26)3)19-9-10-21-22(12-19)32-15-31-21/h9-12,17-18,20,23-24H,4-8,13-15H2,1-3H3,(H,27,28)/t17?,18-,23?,24?,26+/m0/s1. The Kier molecular flexibility index (Phi) is 5.82. The molecule has 4 aliphatic rings. The molecule has 5 atom stereocenters. The molecule has 3 unspecified atom stereocenters. The Balaban J connectivity index is 1.32. The zero-order valence-corrected chi connectivity index (χ0v) is 19.4. The Morgan fingerprint density at radius 2 is 1.94 bits per heavy atom. The molecule has 1 saturated carbocycles. The fourth-order valence-corrected chi connectivity index (χ4v) is 6.30. The molecule has 2 aliphatic heterocycles. The number of hydrogen-bond acceptors (Lipinski definition) is 5. The highest BCUT2D eigenvalue weighted by atomic mass is 16.7. The van der Waals surface area contributed by atoms with E-state index in [1.807, 2.05) is 12.1 Å². The summed E-state index contributed by atoms with van der Waals surface area (Å²) in [7, 11) is 0. The molecule has 5 rings (SSSR count). The second-order valence-electron chi connectivity index (χ2n) is 10.1. The Morgan fingerprint density at radius 3 is 2.75 bits per heavy atom. The van der Waals surface area contributed by atoms with E-state index in [9.17, 15) is 4.79 Å². The Morgan fingerprint density at radius 1 is 1.16 bits per heavy atom. The summed E-state index contributed by atoms with van der Waals surface area (Å²) < 4.78 is 23.5.